The third-order valence-electron chi connectivity index (χ3n) is 6.04. The van der Waals surface area contributed by atoms with Gasteiger partial charge in [0.05, 0.1) is 0 Å². The lowest BCUT2D eigenvalue weighted by molar-refractivity contribution is 0.0193. The predicted octanol–water partition coefficient (Wildman–Crippen LogP) is 3.51. The summed E-state index contributed by atoms with van der Waals surface area (Å²) < 4.78 is 5.25. The van der Waals surface area contributed by atoms with E-state index < -0.39 is 0 Å². The van der Waals surface area contributed by atoms with Gasteiger partial charge in [-0.05, 0) is 55.8 Å². The highest BCUT2D eigenvalue weighted by atomic mass is 16.5. The third-order valence-corrected chi connectivity index (χ3v) is 6.04. The van der Waals surface area contributed by atoms with Crippen molar-refractivity contribution in [3.8, 4) is 0 Å². The van der Waals surface area contributed by atoms with Crippen molar-refractivity contribution in [2.45, 2.75) is 70.3 Å². The molecule has 0 aromatic heterocycles. The average molecular weight is 251 g/mol. The zero-order chi connectivity index (χ0) is 12.5. The molecular formula is C16H29NO. The van der Waals surface area contributed by atoms with Gasteiger partial charge in [-0.15, -0.1) is 0 Å². The molecule has 3 saturated carbocycles. The lowest BCUT2D eigenvalue weighted by atomic mass is 9.57. The Labute approximate surface area is 112 Å². The lowest BCUT2D eigenvalue weighted by Gasteiger charge is -2.53. The highest BCUT2D eigenvalue weighted by molar-refractivity contribution is 5.04. The largest absolute Gasteiger partial charge is 0.385 e. The highest BCUT2D eigenvalue weighted by Crippen LogP contribution is 2.53. The predicted molar refractivity (Wildman–Crippen MR) is 74.7 cm³/mol. The van der Waals surface area contributed by atoms with Crippen LogP contribution in [0.15, 0.2) is 0 Å². The van der Waals surface area contributed by atoms with Crippen LogP contribution in [0.5, 0.6) is 0 Å². The van der Waals surface area contributed by atoms with Gasteiger partial charge in [0.15, 0.2) is 0 Å². The van der Waals surface area contributed by atoms with Gasteiger partial charge < -0.3 is 10.1 Å². The molecule has 1 N–H and O–H groups in total. The Balaban J connectivity index is 1.46. The molecule has 0 saturated heterocycles. The van der Waals surface area contributed by atoms with E-state index in [2.05, 4.69) is 5.32 Å². The maximum absolute atomic E-state index is 5.25. The number of nitrogens with one attached hydrogen (secondary N) is 1. The first kappa shape index (κ1) is 12.9. The van der Waals surface area contributed by atoms with Crippen LogP contribution < -0.4 is 5.32 Å². The van der Waals surface area contributed by atoms with Crippen molar-refractivity contribution >= 4 is 0 Å². The Hall–Kier alpha value is -0.0800. The van der Waals surface area contributed by atoms with E-state index in [0.29, 0.717) is 5.41 Å². The van der Waals surface area contributed by atoms with Gasteiger partial charge in [-0.2, -0.15) is 0 Å². The molecule has 0 amide bonds. The van der Waals surface area contributed by atoms with E-state index >= 15 is 0 Å². The molecule has 2 nitrogen and oxygen atoms in total. The number of methoxy groups -OCH3 is 1. The fourth-order valence-electron chi connectivity index (χ4n) is 4.22. The summed E-state index contributed by atoms with van der Waals surface area (Å²) in [6.45, 7) is 2.19. The Morgan fingerprint density at radius 3 is 2.39 bits per heavy atom. The standard InChI is InChI=1S/C16H29NO/c1-18-12-11-15(9-10-15)13-17-14-5-8-16(14)6-3-2-4-7-16/h14,17H,2-13H2,1H3. The van der Waals surface area contributed by atoms with Crippen LogP contribution in [-0.2, 0) is 4.74 Å². The zero-order valence-corrected chi connectivity index (χ0v) is 12.0. The molecule has 3 rings (SSSR count). The molecule has 3 fully saturated rings. The molecule has 1 spiro atoms. The molecule has 0 radical (unpaired) electrons. The van der Waals surface area contributed by atoms with Gasteiger partial charge in [-0.1, -0.05) is 19.3 Å². The van der Waals surface area contributed by atoms with Crippen LogP contribution in [0.25, 0.3) is 0 Å². The third kappa shape index (κ3) is 2.46. The van der Waals surface area contributed by atoms with Crippen LogP contribution in [0.2, 0.25) is 0 Å². The van der Waals surface area contributed by atoms with Gasteiger partial charge in [0.2, 0.25) is 0 Å². The maximum Gasteiger partial charge on any atom is 0.0468 e. The van der Waals surface area contributed by atoms with Crippen molar-refractivity contribution in [1.82, 2.24) is 5.32 Å². The van der Waals surface area contributed by atoms with Crippen LogP contribution in [0.1, 0.15) is 64.2 Å². The van der Waals surface area contributed by atoms with Gasteiger partial charge in [-0.25, -0.2) is 0 Å². The summed E-state index contributed by atoms with van der Waals surface area (Å²) in [6, 6.07) is 0.845. The first-order valence-electron chi connectivity index (χ1n) is 8.01. The molecule has 104 valence electrons. The van der Waals surface area contributed by atoms with E-state index in [1.165, 1.54) is 70.8 Å². The van der Waals surface area contributed by atoms with Crippen LogP contribution in [0.4, 0.5) is 0 Å². The number of rotatable bonds is 6. The minimum absolute atomic E-state index is 0.613. The van der Waals surface area contributed by atoms with Crippen molar-refractivity contribution in [2.24, 2.45) is 10.8 Å². The summed E-state index contributed by atoms with van der Waals surface area (Å²) in [7, 11) is 1.83. The molecule has 3 aliphatic rings. The smallest absolute Gasteiger partial charge is 0.0468 e. The van der Waals surface area contributed by atoms with E-state index in [4.69, 9.17) is 4.74 Å². The molecule has 2 heteroatoms. The quantitative estimate of drug-likeness (QED) is 0.780. The van der Waals surface area contributed by atoms with E-state index in [9.17, 15) is 0 Å². The number of ether oxygens (including phenoxy) is 1. The number of hydrogen-bond acceptors (Lipinski definition) is 2. The molecular weight excluding hydrogens is 222 g/mol. The van der Waals surface area contributed by atoms with Crippen molar-refractivity contribution in [1.29, 1.82) is 0 Å². The second kappa shape index (κ2) is 5.13. The van der Waals surface area contributed by atoms with E-state index in [1.54, 1.807) is 0 Å². The highest BCUT2D eigenvalue weighted by Gasteiger charge is 2.48. The Morgan fingerprint density at radius 1 is 1.06 bits per heavy atom. The molecule has 0 bridgehead atoms. The van der Waals surface area contributed by atoms with Gasteiger partial charge in [-0.3, -0.25) is 0 Å². The SMILES string of the molecule is COCCC1(CNC2CCC23CCCCC3)CC1. The number of hydrogen-bond donors (Lipinski definition) is 1. The summed E-state index contributed by atoms with van der Waals surface area (Å²) in [5.41, 5.74) is 1.33. The Bertz CT molecular complexity index is 279. The monoisotopic (exact) mass is 251 g/mol. The van der Waals surface area contributed by atoms with Crippen LogP contribution in [0, 0.1) is 10.8 Å². The molecule has 0 aromatic rings. The van der Waals surface area contributed by atoms with Gasteiger partial charge >= 0.3 is 0 Å². The van der Waals surface area contributed by atoms with Gasteiger partial charge in [0.1, 0.15) is 0 Å². The van der Waals surface area contributed by atoms with Crippen LogP contribution in [0.3, 0.4) is 0 Å². The van der Waals surface area contributed by atoms with Gasteiger partial charge in [0.25, 0.3) is 0 Å². The molecule has 0 aromatic carbocycles. The van der Waals surface area contributed by atoms with Crippen LogP contribution in [-0.4, -0.2) is 26.3 Å². The molecule has 0 heterocycles. The summed E-state index contributed by atoms with van der Waals surface area (Å²) >= 11 is 0. The Kier molecular flexibility index (Phi) is 3.68. The molecule has 0 aliphatic heterocycles. The van der Waals surface area contributed by atoms with E-state index in [1.807, 2.05) is 7.11 Å². The summed E-state index contributed by atoms with van der Waals surface area (Å²) in [5.74, 6) is 0. The Morgan fingerprint density at radius 2 is 1.83 bits per heavy atom. The summed E-state index contributed by atoms with van der Waals surface area (Å²) in [6.07, 6.45) is 14.5. The molecule has 1 unspecified atom stereocenters. The average Bonchev–Trinajstić information content (AvgIpc) is 3.17. The zero-order valence-electron chi connectivity index (χ0n) is 12.0. The fraction of sp³-hybridized carbons (Fsp3) is 1.00. The minimum Gasteiger partial charge on any atom is -0.385 e. The second-order valence-corrected chi connectivity index (χ2v) is 7.14. The second-order valence-electron chi connectivity index (χ2n) is 7.14. The maximum atomic E-state index is 5.25. The van der Waals surface area contributed by atoms with Gasteiger partial charge in [0, 0.05) is 26.3 Å². The van der Waals surface area contributed by atoms with Crippen LogP contribution >= 0.6 is 0 Å². The molecule has 18 heavy (non-hydrogen) atoms. The topological polar surface area (TPSA) is 21.3 Å². The van der Waals surface area contributed by atoms with E-state index in [-0.39, 0.29) is 0 Å². The lowest BCUT2D eigenvalue weighted by Crippen LogP contribution is -2.55. The van der Waals surface area contributed by atoms with Crippen molar-refractivity contribution in [3.05, 3.63) is 0 Å². The summed E-state index contributed by atoms with van der Waals surface area (Å²) in [5, 5.41) is 3.94. The fourth-order valence-corrected chi connectivity index (χ4v) is 4.22. The molecule has 1 atom stereocenters. The normalized spacial score (nSPS) is 32.2. The first-order valence-corrected chi connectivity index (χ1v) is 8.01. The first-order chi connectivity index (χ1) is 8.79. The van der Waals surface area contributed by atoms with Crippen molar-refractivity contribution in [3.63, 3.8) is 0 Å². The summed E-state index contributed by atoms with van der Waals surface area (Å²) in [4.78, 5) is 0. The van der Waals surface area contributed by atoms with Crippen molar-refractivity contribution < 1.29 is 4.74 Å². The molecule has 3 aliphatic carbocycles. The minimum atomic E-state index is 0.613. The van der Waals surface area contributed by atoms with Crippen molar-refractivity contribution in [2.75, 3.05) is 20.3 Å². The van der Waals surface area contributed by atoms with E-state index in [0.717, 1.165) is 18.1 Å².